The van der Waals surface area contributed by atoms with Crippen LogP contribution >= 0.6 is 0 Å². The van der Waals surface area contributed by atoms with Crippen molar-refractivity contribution >= 4 is 17.6 Å². The van der Waals surface area contributed by atoms with E-state index in [0.29, 0.717) is 24.5 Å². The Hall–Kier alpha value is -2.08. The predicted molar refractivity (Wildman–Crippen MR) is 83.3 cm³/mol. The number of esters is 1. The highest BCUT2D eigenvalue weighted by Gasteiger charge is 2.31. The molecule has 1 aromatic carbocycles. The zero-order valence-corrected chi connectivity index (χ0v) is 13.7. The summed E-state index contributed by atoms with van der Waals surface area (Å²) < 4.78 is 15.4. The third-order valence-corrected chi connectivity index (χ3v) is 3.55. The minimum Gasteiger partial charge on any atom is -0.493 e. The first-order chi connectivity index (χ1) is 10.4. The molecule has 0 heterocycles. The molecule has 1 amide bonds. The molecule has 6 nitrogen and oxygen atoms in total. The number of ether oxygens (including phenoxy) is 3. The molecule has 22 heavy (non-hydrogen) atoms. The van der Waals surface area contributed by atoms with Gasteiger partial charge in [0.1, 0.15) is 16.9 Å². The van der Waals surface area contributed by atoms with Crippen LogP contribution in [0.3, 0.4) is 0 Å². The molecule has 0 aliphatic rings. The Labute approximate surface area is 130 Å². The largest absolute Gasteiger partial charge is 0.493 e. The van der Waals surface area contributed by atoms with Gasteiger partial charge < -0.3 is 19.5 Å². The number of anilines is 1. The van der Waals surface area contributed by atoms with Gasteiger partial charge in [-0.2, -0.15) is 0 Å². The molecular formula is C16H23NO5. The molecule has 1 rings (SSSR count). The third-order valence-electron chi connectivity index (χ3n) is 3.55. The van der Waals surface area contributed by atoms with Gasteiger partial charge in [0, 0.05) is 12.8 Å². The summed E-state index contributed by atoms with van der Waals surface area (Å²) in [7, 11) is 2.78. The van der Waals surface area contributed by atoms with E-state index in [-0.39, 0.29) is 11.5 Å². The molecular weight excluding hydrogens is 286 g/mol. The van der Waals surface area contributed by atoms with Crippen LogP contribution in [0.5, 0.6) is 5.75 Å². The molecule has 0 radical (unpaired) electrons. The average molecular weight is 309 g/mol. The summed E-state index contributed by atoms with van der Waals surface area (Å²) >= 11 is 0. The van der Waals surface area contributed by atoms with E-state index < -0.39 is 11.6 Å². The fraction of sp³-hybridized carbons (Fsp3) is 0.500. The Morgan fingerprint density at radius 1 is 1.23 bits per heavy atom. The standard InChI is InChI=1S/C16H23NO5/c1-6-16(3,21-5)15(19)17-11-8-9-13(22-7-2)12(10-11)14(18)20-4/h8-10H,6-7H2,1-5H3,(H,17,19). The summed E-state index contributed by atoms with van der Waals surface area (Å²) in [5.41, 5.74) is -0.187. The molecule has 6 heteroatoms. The summed E-state index contributed by atoms with van der Waals surface area (Å²) in [5.74, 6) is -0.389. The maximum Gasteiger partial charge on any atom is 0.341 e. The SMILES string of the molecule is CCOc1ccc(NC(=O)C(C)(CC)OC)cc1C(=O)OC. The average Bonchev–Trinajstić information content (AvgIpc) is 2.54. The highest BCUT2D eigenvalue weighted by atomic mass is 16.5. The Balaban J connectivity index is 3.07. The van der Waals surface area contributed by atoms with Crippen molar-refractivity contribution in [3.63, 3.8) is 0 Å². The van der Waals surface area contributed by atoms with E-state index in [4.69, 9.17) is 14.2 Å². The second-order valence-corrected chi connectivity index (χ2v) is 4.88. The minimum absolute atomic E-state index is 0.262. The minimum atomic E-state index is -0.927. The highest BCUT2D eigenvalue weighted by molar-refractivity contribution is 5.99. The van der Waals surface area contributed by atoms with Gasteiger partial charge in [0.15, 0.2) is 0 Å². The van der Waals surface area contributed by atoms with Crippen LogP contribution in [-0.4, -0.2) is 38.3 Å². The summed E-state index contributed by atoms with van der Waals surface area (Å²) in [4.78, 5) is 24.1. The molecule has 1 unspecified atom stereocenters. The maximum atomic E-state index is 12.3. The Kier molecular flexibility index (Phi) is 6.37. The second kappa shape index (κ2) is 7.79. The number of amides is 1. The lowest BCUT2D eigenvalue weighted by Gasteiger charge is -2.25. The van der Waals surface area contributed by atoms with Gasteiger partial charge in [-0.05, 0) is 38.5 Å². The van der Waals surface area contributed by atoms with Gasteiger partial charge in [-0.3, -0.25) is 4.79 Å². The summed E-state index contributed by atoms with van der Waals surface area (Å²) in [6, 6.07) is 4.82. The van der Waals surface area contributed by atoms with E-state index in [1.54, 1.807) is 19.1 Å². The fourth-order valence-corrected chi connectivity index (χ4v) is 1.82. The number of rotatable bonds is 7. The van der Waals surface area contributed by atoms with Gasteiger partial charge in [0.2, 0.25) is 0 Å². The van der Waals surface area contributed by atoms with Crippen molar-refractivity contribution in [1.82, 2.24) is 0 Å². The van der Waals surface area contributed by atoms with Crippen LogP contribution in [0.25, 0.3) is 0 Å². The van der Waals surface area contributed by atoms with Crippen molar-refractivity contribution in [3.05, 3.63) is 23.8 Å². The number of carbonyl (C=O) groups is 2. The molecule has 0 aromatic heterocycles. The van der Waals surface area contributed by atoms with Crippen molar-refractivity contribution in [1.29, 1.82) is 0 Å². The highest BCUT2D eigenvalue weighted by Crippen LogP contribution is 2.25. The second-order valence-electron chi connectivity index (χ2n) is 4.88. The quantitative estimate of drug-likeness (QED) is 0.784. The number of hydrogen-bond donors (Lipinski definition) is 1. The lowest BCUT2D eigenvalue weighted by molar-refractivity contribution is -0.136. The number of benzene rings is 1. The first-order valence-electron chi connectivity index (χ1n) is 7.13. The van der Waals surface area contributed by atoms with Crippen LogP contribution in [0.4, 0.5) is 5.69 Å². The molecule has 0 aliphatic heterocycles. The Morgan fingerprint density at radius 2 is 1.91 bits per heavy atom. The molecule has 0 aliphatic carbocycles. The third kappa shape index (κ3) is 3.98. The summed E-state index contributed by atoms with van der Waals surface area (Å²) in [6.45, 7) is 5.81. The van der Waals surface area contributed by atoms with E-state index >= 15 is 0 Å². The van der Waals surface area contributed by atoms with Gasteiger partial charge in [0.25, 0.3) is 5.91 Å². The van der Waals surface area contributed by atoms with Crippen LogP contribution in [-0.2, 0) is 14.3 Å². The monoisotopic (exact) mass is 309 g/mol. The lowest BCUT2D eigenvalue weighted by atomic mass is 10.0. The molecule has 1 atom stereocenters. The van der Waals surface area contributed by atoms with Gasteiger partial charge in [-0.1, -0.05) is 6.92 Å². The number of methoxy groups -OCH3 is 2. The fourth-order valence-electron chi connectivity index (χ4n) is 1.82. The lowest BCUT2D eigenvalue weighted by Crippen LogP contribution is -2.41. The van der Waals surface area contributed by atoms with Gasteiger partial charge in [-0.25, -0.2) is 4.79 Å². The number of hydrogen-bond acceptors (Lipinski definition) is 5. The Bertz CT molecular complexity index is 537. The maximum absolute atomic E-state index is 12.3. The molecule has 1 aromatic rings. The van der Waals surface area contributed by atoms with Crippen molar-refractivity contribution in [2.24, 2.45) is 0 Å². The normalized spacial score (nSPS) is 13.1. The van der Waals surface area contributed by atoms with Crippen molar-refractivity contribution in [3.8, 4) is 5.75 Å². The van der Waals surface area contributed by atoms with Crippen molar-refractivity contribution in [2.75, 3.05) is 26.1 Å². The van der Waals surface area contributed by atoms with Gasteiger partial charge >= 0.3 is 5.97 Å². The number of carbonyl (C=O) groups excluding carboxylic acids is 2. The zero-order valence-electron chi connectivity index (χ0n) is 13.7. The van der Waals surface area contributed by atoms with E-state index in [2.05, 4.69) is 5.32 Å². The van der Waals surface area contributed by atoms with E-state index in [0.717, 1.165) is 0 Å². The van der Waals surface area contributed by atoms with Crippen LogP contribution in [0.15, 0.2) is 18.2 Å². The first-order valence-corrected chi connectivity index (χ1v) is 7.13. The van der Waals surface area contributed by atoms with Crippen molar-refractivity contribution in [2.45, 2.75) is 32.8 Å². The zero-order chi connectivity index (χ0) is 16.8. The van der Waals surface area contributed by atoms with Gasteiger partial charge in [-0.15, -0.1) is 0 Å². The first kappa shape index (κ1) is 18.0. The van der Waals surface area contributed by atoms with Crippen LogP contribution in [0, 0.1) is 0 Å². The predicted octanol–water partition coefficient (Wildman–Crippen LogP) is 2.63. The topological polar surface area (TPSA) is 73.9 Å². The van der Waals surface area contributed by atoms with Gasteiger partial charge in [0.05, 0.1) is 13.7 Å². The molecule has 0 fully saturated rings. The van der Waals surface area contributed by atoms with Crippen LogP contribution in [0.1, 0.15) is 37.6 Å². The van der Waals surface area contributed by atoms with Crippen LogP contribution in [0.2, 0.25) is 0 Å². The summed E-state index contributed by atoms with van der Waals surface area (Å²) in [5, 5.41) is 2.75. The van der Waals surface area contributed by atoms with Crippen LogP contribution < -0.4 is 10.1 Å². The molecule has 0 spiro atoms. The van der Waals surface area contributed by atoms with E-state index in [1.165, 1.54) is 20.3 Å². The summed E-state index contributed by atoms with van der Waals surface area (Å²) in [6.07, 6.45) is 0.524. The van der Waals surface area contributed by atoms with E-state index in [9.17, 15) is 9.59 Å². The smallest absolute Gasteiger partial charge is 0.341 e. The van der Waals surface area contributed by atoms with E-state index in [1.807, 2.05) is 13.8 Å². The molecule has 0 bridgehead atoms. The number of nitrogens with one attached hydrogen (secondary N) is 1. The molecule has 0 saturated carbocycles. The molecule has 122 valence electrons. The molecule has 1 N–H and O–H groups in total. The molecule has 0 saturated heterocycles. The van der Waals surface area contributed by atoms with Crippen molar-refractivity contribution < 1.29 is 23.8 Å². The Morgan fingerprint density at radius 3 is 2.41 bits per heavy atom.